The number of amides is 1. The Bertz CT molecular complexity index is 788. The highest BCUT2D eigenvalue weighted by Gasteiger charge is 2.25. The first-order chi connectivity index (χ1) is 11.5. The number of aryl methyl sites for hydroxylation is 1. The van der Waals surface area contributed by atoms with Crippen LogP contribution in [0.4, 0.5) is 5.82 Å². The van der Waals surface area contributed by atoms with Gasteiger partial charge in [-0.05, 0) is 47.9 Å². The number of hydrogen-bond acceptors (Lipinski definition) is 4. The summed E-state index contributed by atoms with van der Waals surface area (Å²) in [4.78, 5) is 15.9. The Hall–Kier alpha value is -2.53. The fourth-order valence-corrected chi connectivity index (χ4v) is 2.95. The van der Waals surface area contributed by atoms with E-state index in [1.807, 2.05) is 13.0 Å². The monoisotopic (exact) mass is 343 g/mol. The van der Waals surface area contributed by atoms with Gasteiger partial charge >= 0.3 is 0 Å². The minimum absolute atomic E-state index is 0.102. The number of aromatic nitrogens is 1. The quantitative estimate of drug-likeness (QED) is 0.837. The Kier molecular flexibility index (Phi) is 4.71. The molecule has 6 heteroatoms. The van der Waals surface area contributed by atoms with E-state index in [0.29, 0.717) is 17.4 Å². The maximum atomic E-state index is 11.9. The van der Waals surface area contributed by atoms with E-state index in [1.165, 1.54) is 6.08 Å². The number of halogens is 1. The number of nitrogens with two attached hydrogens (primary N) is 1. The molecule has 0 bridgehead atoms. The molecule has 2 heterocycles. The summed E-state index contributed by atoms with van der Waals surface area (Å²) in [5.74, 6) is 0.988. The highest BCUT2D eigenvalue weighted by atomic mass is 35.5. The molecule has 1 atom stereocenters. The predicted octanol–water partition coefficient (Wildman–Crippen LogP) is 2.76. The minimum Gasteiger partial charge on any atom is -0.486 e. The normalized spacial score (nSPS) is 16.0. The fraction of sp³-hybridized carbons (Fsp3) is 0.222. The van der Waals surface area contributed by atoms with Crippen molar-refractivity contribution in [1.82, 2.24) is 10.3 Å². The van der Waals surface area contributed by atoms with E-state index in [2.05, 4.69) is 16.4 Å². The molecule has 1 amide bonds. The van der Waals surface area contributed by atoms with Gasteiger partial charge in [0.25, 0.3) is 0 Å². The molecule has 5 nitrogen and oxygen atoms in total. The Labute approximate surface area is 145 Å². The molecular formula is C18H18ClN3O2. The molecule has 0 aliphatic carbocycles. The van der Waals surface area contributed by atoms with Crippen LogP contribution in [-0.2, 0) is 11.2 Å². The van der Waals surface area contributed by atoms with Gasteiger partial charge in [-0.25, -0.2) is 4.98 Å². The number of hydrogen-bond donors (Lipinski definition) is 2. The maximum absolute atomic E-state index is 11.9. The van der Waals surface area contributed by atoms with Crippen molar-refractivity contribution in [2.24, 2.45) is 0 Å². The minimum atomic E-state index is -0.186. The van der Waals surface area contributed by atoms with Crippen LogP contribution in [0.2, 0.25) is 5.02 Å². The second-order valence-electron chi connectivity index (χ2n) is 5.77. The number of fused-ring (bicyclic) bond motifs is 1. The van der Waals surface area contributed by atoms with Crippen molar-refractivity contribution >= 4 is 29.4 Å². The first-order valence-electron chi connectivity index (χ1n) is 7.64. The van der Waals surface area contributed by atoms with E-state index in [0.717, 1.165) is 28.9 Å². The van der Waals surface area contributed by atoms with E-state index >= 15 is 0 Å². The van der Waals surface area contributed by atoms with Crippen LogP contribution in [0.3, 0.4) is 0 Å². The Morgan fingerprint density at radius 3 is 3.08 bits per heavy atom. The summed E-state index contributed by atoms with van der Waals surface area (Å²) < 4.78 is 5.82. The molecule has 1 aliphatic heterocycles. The Morgan fingerprint density at radius 2 is 2.33 bits per heavy atom. The second-order valence-corrected chi connectivity index (χ2v) is 6.18. The Morgan fingerprint density at radius 1 is 1.50 bits per heavy atom. The largest absolute Gasteiger partial charge is 0.486 e. The van der Waals surface area contributed by atoms with E-state index in [1.54, 1.807) is 24.4 Å². The zero-order valence-electron chi connectivity index (χ0n) is 13.3. The van der Waals surface area contributed by atoms with Gasteiger partial charge in [-0.2, -0.15) is 0 Å². The third kappa shape index (κ3) is 3.86. The number of ether oxygens (including phenoxy) is 1. The maximum Gasteiger partial charge on any atom is 0.244 e. The summed E-state index contributed by atoms with van der Waals surface area (Å²) in [5, 5.41) is 3.46. The summed E-state index contributed by atoms with van der Waals surface area (Å²) in [6.07, 6.45) is 5.40. The summed E-state index contributed by atoms with van der Waals surface area (Å²) >= 11 is 6.19. The molecule has 1 aromatic carbocycles. The van der Waals surface area contributed by atoms with Crippen LogP contribution >= 0.6 is 11.6 Å². The lowest BCUT2D eigenvalue weighted by atomic mass is 10.1. The number of nitrogen functional groups attached to an aromatic ring is 1. The number of benzene rings is 1. The molecule has 0 saturated carbocycles. The highest BCUT2D eigenvalue weighted by Crippen LogP contribution is 2.36. The summed E-state index contributed by atoms with van der Waals surface area (Å²) in [6, 6.07) is 7.43. The van der Waals surface area contributed by atoms with Crippen molar-refractivity contribution in [2.75, 3.05) is 12.3 Å². The number of nitrogens with one attached hydrogen (secondary N) is 1. The molecule has 0 radical (unpaired) electrons. The van der Waals surface area contributed by atoms with Crippen molar-refractivity contribution in [2.45, 2.75) is 19.4 Å². The summed E-state index contributed by atoms with van der Waals surface area (Å²) in [6.45, 7) is 2.42. The van der Waals surface area contributed by atoms with Gasteiger partial charge in [-0.3, -0.25) is 4.79 Å². The first-order valence-corrected chi connectivity index (χ1v) is 8.02. The fourth-order valence-electron chi connectivity index (χ4n) is 2.61. The topological polar surface area (TPSA) is 77.2 Å². The van der Waals surface area contributed by atoms with Gasteiger partial charge in [-0.1, -0.05) is 17.7 Å². The van der Waals surface area contributed by atoms with Crippen molar-refractivity contribution < 1.29 is 9.53 Å². The SMILES string of the molecule is Cc1cc(Cl)c2c(c1)CC(CNC(=O)/C=C/c1ccc(N)nc1)O2. The zero-order valence-corrected chi connectivity index (χ0v) is 14.0. The number of carbonyl (C=O) groups excluding carboxylic acids is 1. The lowest BCUT2D eigenvalue weighted by Gasteiger charge is -2.11. The van der Waals surface area contributed by atoms with E-state index in [9.17, 15) is 4.79 Å². The van der Waals surface area contributed by atoms with Crippen LogP contribution in [0.15, 0.2) is 36.5 Å². The molecule has 24 heavy (non-hydrogen) atoms. The van der Waals surface area contributed by atoms with Crippen LogP contribution in [0.25, 0.3) is 6.08 Å². The highest BCUT2D eigenvalue weighted by molar-refractivity contribution is 6.32. The molecule has 1 aromatic heterocycles. The van der Waals surface area contributed by atoms with Crippen molar-refractivity contribution in [1.29, 1.82) is 0 Å². The molecule has 0 saturated heterocycles. The van der Waals surface area contributed by atoms with Crippen molar-refractivity contribution in [3.63, 3.8) is 0 Å². The van der Waals surface area contributed by atoms with E-state index in [4.69, 9.17) is 22.1 Å². The van der Waals surface area contributed by atoms with Crippen LogP contribution in [-0.4, -0.2) is 23.5 Å². The number of pyridine rings is 1. The summed E-state index contributed by atoms with van der Waals surface area (Å²) in [5.41, 5.74) is 8.52. The first kappa shape index (κ1) is 16.3. The van der Waals surface area contributed by atoms with Gasteiger partial charge in [0.1, 0.15) is 17.7 Å². The molecule has 1 aliphatic rings. The van der Waals surface area contributed by atoms with Crippen LogP contribution in [0.1, 0.15) is 16.7 Å². The molecular weight excluding hydrogens is 326 g/mol. The third-order valence-electron chi connectivity index (χ3n) is 3.74. The number of carbonyl (C=O) groups is 1. The van der Waals surface area contributed by atoms with Gasteiger partial charge < -0.3 is 15.8 Å². The van der Waals surface area contributed by atoms with Crippen LogP contribution in [0.5, 0.6) is 5.75 Å². The van der Waals surface area contributed by atoms with Crippen molar-refractivity contribution in [3.8, 4) is 5.75 Å². The van der Waals surface area contributed by atoms with Gasteiger partial charge in [0.2, 0.25) is 5.91 Å². The van der Waals surface area contributed by atoms with Crippen LogP contribution in [0, 0.1) is 6.92 Å². The average Bonchev–Trinajstić information content (AvgIpc) is 2.95. The van der Waals surface area contributed by atoms with Crippen molar-refractivity contribution in [3.05, 3.63) is 58.3 Å². The zero-order chi connectivity index (χ0) is 17.1. The van der Waals surface area contributed by atoms with Gasteiger partial charge in [-0.15, -0.1) is 0 Å². The summed E-state index contributed by atoms with van der Waals surface area (Å²) in [7, 11) is 0. The second kappa shape index (κ2) is 6.93. The Balaban J connectivity index is 1.52. The molecule has 0 fully saturated rings. The molecule has 124 valence electrons. The molecule has 0 spiro atoms. The van der Waals surface area contributed by atoms with Gasteiger partial charge in [0, 0.05) is 18.7 Å². The lowest BCUT2D eigenvalue weighted by molar-refractivity contribution is -0.116. The molecule has 2 aromatic rings. The van der Waals surface area contributed by atoms with Crippen LogP contribution < -0.4 is 15.8 Å². The third-order valence-corrected chi connectivity index (χ3v) is 4.02. The molecule has 1 unspecified atom stereocenters. The number of nitrogens with zero attached hydrogens (tertiary/aromatic N) is 1. The van der Waals surface area contributed by atoms with E-state index in [-0.39, 0.29) is 12.0 Å². The number of anilines is 1. The smallest absolute Gasteiger partial charge is 0.244 e. The predicted molar refractivity (Wildman–Crippen MR) is 95.0 cm³/mol. The molecule has 3 N–H and O–H groups in total. The van der Waals surface area contributed by atoms with Gasteiger partial charge in [0.15, 0.2) is 0 Å². The van der Waals surface area contributed by atoms with Gasteiger partial charge in [0.05, 0.1) is 11.6 Å². The van der Waals surface area contributed by atoms with E-state index < -0.39 is 0 Å². The standard InChI is InChI=1S/C18H18ClN3O2/c1-11-6-13-8-14(24-18(13)15(19)7-11)10-22-17(23)5-3-12-2-4-16(20)21-9-12/h2-7,9,14H,8,10H2,1H3,(H2,20,21)(H,22,23)/b5-3+. The average molecular weight is 344 g/mol. The molecule has 3 rings (SSSR count). The number of rotatable bonds is 4. The lowest BCUT2D eigenvalue weighted by Crippen LogP contribution is -2.33.